The zero-order valence-corrected chi connectivity index (χ0v) is 13.3. The predicted octanol–water partition coefficient (Wildman–Crippen LogP) is 1.84. The standard InChI is InChI=1S/C14H12Cl2N4O3/c15-9-2-1-8(10(16)5-9)6-20-11(21)7-23-14(22)12-13(17)19-4-3-18-12/h1-5H,6-7H2,(H2,17,19)(H,20,21). The van der Waals surface area contributed by atoms with E-state index in [1.54, 1.807) is 18.2 Å². The van der Waals surface area contributed by atoms with Crippen molar-refractivity contribution < 1.29 is 14.3 Å². The van der Waals surface area contributed by atoms with E-state index in [1.165, 1.54) is 12.4 Å². The summed E-state index contributed by atoms with van der Waals surface area (Å²) in [6, 6.07) is 4.92. The minimum atomic E-state index is -0.824. The Kier molecular flexibility index (Phi) is 5.72. The van der Waals surface area contributed by atoms with Crippen LogP contribution in [0.25, 0.3) is 0 Å². The van der Waals surface area contributed by atoms with E-state index in [0.717, 1.165) is 0 Å². The Morgan fingerprint density at radius 2 is 1.96 bits per heavy atom. The SMILES string of the molecule is Nc1nccnc1C(=O)OCC(=O)NCc1ccc(Cl)cc1Cl. The fraction of sp³-hybridized carbons (Fsp3) is 0.143. The summed E-state index contributed by atoms with van der Waals surface area (Å²) in [4.78, 5) is 30.9. The van der Waals surface area contributed by atoms with Gasteiger partial charge in [0.05, 0.1) is 0 Å². The number of amides is 1. The predicted molar refractivity (Wildman–Crippen MR) is 85.0 cm³/mol. The van der Waals surface area contributed by atoms with Crippen LogP contribution in [-0.2, 0) is 16.1 Å². The number of carbonyl (C=O) groups is 2. The molecule has 23 heavy (non-hydrogen) atoms. The molecule has 0 atom stereocenters. The van der Waals surface area contributed by atoms with Crippen molar-refractivity contribution >= 4 is 40.9 Å². The quantitative estimate of drug-likeness (QED) is 0.793. The summed E-state index contributed by atoms with van der Waals surface area (Å²) < 4.78 is 4.82. The van der Waals surface area contributed by atoms with Gasteiger partial charge in [0.2, 0.25) is 0 Å². The Morgan fingerprint density at radius 3 is 2.65 bits per heavy atom. The third-order valence-corrected chi connectivity index (χ3v) is 3.33. The van der Waals surface area contributed by atoms with Crippen molar-refractivity contribution in [2.75, 3.05) is 12.3 Å². The molecule has 0 aliphatic carbocycles. The molecule has 9 heteroatoms. The van der Waals surface area contributed by atoms with Crippen LogP contribution in [0.2, 0.25) is 10.0 Å². The van der Waals surface area contributed by atoms with E-state index in [4.69, 9.17) is 33.7 Å². The monoisotopic (exact) mass is 354 g/mol. The molecule has 1 amide bonds. The highest BCUT2D eigenvalue weighted by molar-refractivity contribution is 6.35. The highest BCUT2D eigenvalue weighted by Crippen LogP contribution is 2.20. The molecule has 0 spiro atoms. The Hall–Kier alpha value is -2.38. The van der Waals surface area contributed by atoms with Crippen molar-refractivity contribution in [2.45, 2.75) is 6.54 Å². The maximum Gasteiger partial charge on any atom is 0.361 e. The van der Waals surface area contributed by atoms with Crippen LogP contribution < -0.4 is 11.1 Å². The molecule has 1 aromatic heterocycles. The molecule has 3 N–H and O–H groups in total. The van der Waals surface area contributed by atoms with Crippen LogP contribution in [-0.4, -0.2) is 28.5 Å². The molecular weight excluding hydrogens is 343 g/mol. The highest BCUT2D eigenvalue weighted by atomic mass is 35.5. The number of nitrogen functional groups attached to an aromatic ring is 1. The third-order valence-electron chi connectivity index (χ3n) is 2.75. The Bertz CT molecular complexity index is 740. The topological polar surface area (TPSA) is 107 Å². The van der Waals surface area contributed by atoms with Crippen LogP contribution in [0.1, 0.15) is 16.1 Å². The van der Waals surface area contributed by atoms with E-state index in [1.807, 2.05) is 0 Å². The third kappa shape index (κ3) is 4.80. The van der Waals surface area contributed by atoms with Crippen molar-refractivity contribution in [1.82, 2.24) is 15.3 Å². The second-order valence-corrected chi connectivity index (χ2v) is 5.22. The molecule has 0 saturated heterocycles. The van der Waals surface area contributed by atoms with Gasteiger partial charge in [-0.15, -0.1) is 0 Å². The molecule has 120 valence electrons. The number of hydrogen-bond donors (Lipinski definition) is 2. The van der Waals surface area contributed by atoms with Crippen molar-refractivity contribution in [2.24, 2.45) is 0 Å². The zero-order valence-electron chi connectivity index (χ0n) is 11.8. The van der Waals surface area contributed by atoms with Gasteiger partial charge in [0.15, 0.2) is 18.1 Å². The molecule has 0 saturated carbocycles. The number of aromatic nitrogens is 2. The summed E-state index contributed by atoms with van der Waals surface area (Å²) in [7, 11) is 0. The number of benzene rings is 1. The van der Waals surface area contributed by atoms with E-state index < -0.39 is 18.5 Å². The first-order valence-corrected chi connectivity index (χ1v) is 7.17. The fourth-order valence-electron chi connectivity index (χ4n) is 1.62. The zero-order chi connectivity index (χ0) is 16.8. The first kappa shape index (κ1) is 17.0. The second kappa shape index (κ2) is 7.75. The second-order valence-electron chi connectivity index (χ2n) is 4.38. The van der Waals surface area contributed by atoms with Crippen LogP contribution >= 0.6 is 23.2 Å². The Balaban J connectivity index is 1.83. The molecule has 2 rings (SSSR count). The number of esters is 1. The van der Waals surface area contributed by atoms with Gasteiger partial charge < -0.3 is 15.8 Å². The number of halogens is 2. The van der Waals surface area contributed by atoms with Crippen LogP contribution in [0.4, 0.5) is 5.82 Å². The first-order valence-electron chi connectivity index (χ1n) is 6.41. The molecule has 0 fully saturated rings. The Morgan fingerprint density at radius 1 is 1.22 bits per heavy atom. The van der Waals surface area contributed by atoms with Crippen molar-refractivity contribution in [3.05, 3.63) is 51.9 Å². The number of hydrogen-bond acceptors (Lipinski definition) is 6. The van der Waals surface area contributed by atoms with E-state index in [9.17, 15) is 9.59 Å². The summed E-state index contributed by atoms with van der Waals surface area (Å²) in [5.41, 5.74) is 6.04. The number of nitrogens with one attached hydrogen (secondary N) is 1. The number of nitrogens with zero attached hydrogens (tertiary/aromatic N) is 2. The van der Waals surface area contributed by atoms with Gasteiger partial charge in [-0.2, -0.15) is 0 Å². The summed E-state index contributed by atoms with van der Waals surface area (Å²) >= 11 is 11.8. The molecule has 1 heterocycles. The minimum absolute atomic E-state index is 0.0640. The molecule has 0 aliphatic rings. The minimum Gasteiger partial charge on any atom is -0.451 e. The molecule has 0 aliphatic heterocycles. The summed E-state index contributed by atoms with van der Waals surface area (Å²) in [5, 5.41) is 3.50. The molecular formula is C14H12Cl2N4O3. The van der Waals surface area contributed by atoms with Gasteiger partial charge in [0, 0.05) is 29.0 Å². The normalized spacial score (nSPS) is 10.2. The Labute approximate surface area is 141 Å². The maximum atomic E-state index is 11.7. The van der Waals surface area contributed by atoms with Crippen molar-refractivity contribution in [3.8, 4) is 0 Å². The van der Waals surface area contributed by atoms with Gasteiger partial charge >= 0.3 is 5.97 Å². The van der Waals surface area contributed by atoms with E-state index >= 15 is 0 Å². The molecule has 1 aromatic carbocycles. The molecule has 0 unspecified atom stereocenters. The molecule has 2 aromatic rings. The average Bonchev–Trinajstić information content (AvgIpc) is 2.52. The highest BCUT2D eigenvalue weighted by Gasteiger charge is 2.15. The number of ether oxygens (including phenoxy) is 1. The average molecular weight is 355 g/mol. The van der Waals surface area contributed by atoms with Gasteiger partial charge in [-0.3, -0.25) is 4.79 Å². The number of carbonyl (C=O) groups excluding carboxylic acids is 2. The fourth-order valence-corrected chi connectivity index (χ4v) is 2.09. The largest absolute Gasteiger partial charge is 0.451 e. The lowest BCUT2D eigenvalue weighted by atomic mass is 10.2. The lowest BCUT2D eigenvalue weighted by Crippen LogP contribution is -2.28. The van der Waals surface area contributed by atoms with Crippen LogP contribution in [0.3, 0.4) is 0 Å². The lowest BCUT2D eigenvalue weighted by molar-refractivity contribution is -0.124. The van der Waals surface area contributed by atoms with Gasteiger partial charge in [-0.25, -0.2) is 14.8 Å². The van der Waals surface area contributed by atoms with E-state index in [2.05, 4.69) is 15.3 Å². The van der Waals surface area contributed by atoms with Gasteiger partial charge in [-0.05, 0) is 17.7 Å². The summed E-state index contributed by atoms with van der Waals surface area (Å²) in [5.74, 6) is -1.38. The lowest BCUT2D eigenvalue weighted by Gasteiger charge is -2.08. The van der Waals surface area contributed by atoms with Crippen LogP contribution in [0.5, 0.6) is 0 Å². The summed E-state index contributed by atoms with van der Waals surface area (Å²) in [6.45, 7) is -0.292. The summed E-state index contributed by atoms with van der Waals surface area (Å²) in [6.07, 6.45) is 2.64. The van der Waals surface area contributed by atoms with E-state index in [-0.39, 0.29) is 18.1 Å². The van der Waals surface area contributed by atoms with Gasteiger partial charge in [-0.1, -0.05) is 29.3 Å². The smallest absolute Gasteiger partial charge is 0.361 e. The van der Waals surface area contributed by atoms with E-state index in [0.29, 0.717) is 15.6 Å². The van der Waals surface area contributed by atoms with Gasteiger partial charge in [0.1, 0.15) is 0 Å². The number of nitrogens with two attached hydrogens (primary N) is 1. The van der Waals surface area contributed by atoms with Gasteiger partial charge in [0.25, 0.3) is 5.91 Å². The maximum absolute atomic E-state index is 11.7. The van der Waals surface area contributed by atoms with Crippen LogP contribution in [0.15, 0.2) is 30.6 Å². The first-order chi connectivity index (χ1) is 11.0. The molecule has 0 bridgehead atoms. The molecule has 0 radical (unpaired) electrons. The number of rotatable bonds is 5. The number of anilines is 1. The van der Waals surface area contributed by atoms with Crippen molar-refractivity contribution in [1.29, 1.82) is 0 Å². The molecule has 7 nitrogen and oxygen atoms in total. The van der Waals surface area contributed by atoms with Crippen molar-refractivity contribution in [3.63, 3.8) is 0 Å². The van der Waals surface area contributed by atoms with Crippen LogP contribution in [0, 0.1) is 0 Å².